The molecule has 21 heavy (non-hydrogen) atoms. The second kappa shape index (κ2) is 8.55. The van der Waals surface area contributed by atoms with Crippen molar-refractivity contribution in [3.05, 3.63) is 35.9 Å². The van der Waals surface area contributed by atoms with Crippen LogP contribution in [0.2, 0.25) is 0 Å². The molecule has 0 spiro atoms. The lowest BCUT2D eigenvalue weighted by atomic mass is 9.98. The Labute approximate surface area is 130 Å². The van der Waals surface area contributed by atoms with Gasteiger partial charge in [0.2, 0.25) is 0 Å². The summed E-state index contributed by atoms with van der Waals surface area (Å²) in [4.78, 5) is 2.75. The molecule has 1 aromatic rings. The minimum atomic E-state index is 0.601. The summed E-state index contributed by atoms with van der Waals surface area (Å²) < 4.78 is 0. The molecule has 0 amide bonds. The lowest BCUT2D eigenvalue weighted by molar-refractivity contribution is 0.105. The van der Waals surface area contributed by atoms with Crippen LogP contribution in [0.4, 0.5) is 0 Å². The molecule has 0 aromatic heterocycles. The first kappa shape index (κ1) is 16.5. The number of hydrogen-bond donors (Lipinski definition) is 1. The highest BCUT2D eigenvalue weighted by molar-refractivity contribution is 5.16. The fourth-order valence-corrected chi connectivity index (χ4v) is 3.33. The summed E-state index contributed by atoms with van der Waals surface area (Å²) in [7, 11) is 0. The molecule has 1 aliphatic heterocycles. The first-order valence-electron chi connectivity index (χ1n) is 8.74. The SMILES string of the molecule is CCCC1CNC(Cc2ccccc2)CN1CC(C)CC. The smallest absolute Gasteiger partial charge is 0.0236 e. The normalized spacial score (nSPS) is 24.9. The van der Waals surface area contributed by atoms with Crippen molar-refractivity contribution in [2.45, 2.75) is 58.5 Å². The van der Waals surface area contributed by atoms with E-state index in [9.17, 15) is 0 Å². The van der Waals surface area contributed by atoms with Gasteiger partial charge in [0.1, 0.15) is 0 Å². The van der Waals surface area contributed by atoms with Crippen molar-refractivity contribution in [2.24, 2.45) is 5.92 Å². The maximum Gasteiger partial charge on any atom is 0.0236 e. The van der Waals surface area contributed by atoms with Gasteiger partial charge in [-0.3, -0.25) is 4.90 Å². The maximum absolute atomic E-state index is 3.78. The van der Waals surface area contributed by atoms with Crippen molar-refractivity contribution in [3.63, 3.8) is 0 Å². The van der Waals surface area contributed by atoms with Crippen molar-refractivity contribution in [1.29, 1.82) is 0 Å². The van der Waals surface area contributed by atoms with Gasteiger partial charge in [-0.15, -0.1) is 0 Å². The molecule has 118 valence electrons. The van der Waals surface area contributed by atoms with Crippen LogP contribution in [0, 0.1) is 5.92 Å². The molecule has 1 fully saturated rings. The third kappa shape index (κ3) is 5.12. The highest BCUT2D eigenvalue weighted by Gasteiger charge is 2.27. The van der Waals surface area contributed by atoms with Crippen molar-refractivity contribution >= 4 is 0 Å². The highest BCUT2D eigenvalue weighted by Crippen LogP contribution is 2.17. The Morgan fingerprint density at radius 1 is 1.24 bits per heavy atom. The molecular weight excluding hydrogens is 256 g/mol. The summed E-state index contributed by atoms with van der Waals surface area (Å²) in [5.41, 5.74) is 1.45. The van der Waals surface area contributed by atoms with Gasteiger partial charge in [0.25, 0.3) is 0 Å². The summed E-state index contributed by atoms with van der Waals surface area (Å²) in [5.74, 6) is 0.805. The zero-order valence-electron chi connectivity index (χ0n) is 14.0. The molecule has 2 nitrogen and oxygen atoms in total. The van der Waals surface area contributed by atoms with Crippen LogP contribution < -0.4 is 5.32 Å². The standard InChI is InChI=1S/C19H32N2/c1-4-9-19-13-20-18(12-17-10-7-6-8-11-17)15-21(19)14-16(3)5-2/h6-8,10-11,16,18-20H,4-5,9,12-15H2,1-3H3. The third-order valence-corrected chi connectivity index (χ3v) is 4.80. The monoisotopic (exact) mass is 288 g/mol. The molecule has 1 aromatic carbocycles. The van der Waals surface area contributed by atoms with E-state index in [0.29, 0.717) is 6.04 Å². The van der Waals surface area contributed by atoms with E-state index in [1.54, 1.807) is 0 Å². The van der Waals surface area contributed by atoms with E-state index in [1.165, 1.54) is 37.9 Å². The minimum Gasteiger partial charge on any atom is -0.311 e. The molecule has 1 saturated heterocycles. The quantitative estimate of drug-likeness (QED) is 0.822. The van der Waals surface area contributed by atoms with E-state index in [1.807, 2.05) is 0 Å². The van der Waals surface area contributed by atoms with Crippen molar-refractivity contribution in [3.8, 4) is 0 Å². The molecule has 3 atom stereocenters. The zero-order valence-corrected chi connectivity index (χ0v) is 14.0. The van der Waals surface area contributed by atoms with Crippen LogP contribution >= 0.6 is 0 Å². The number of hydrogen-bond acceptors (Lipinski definition) is 2. The lowest BCUT2D eigenvalue weighted by Crippen LogP contribution is -2.57. The van der Waals surface area contributed by atoms with Gasteiger partial charge >= 0.3 is 0 Å². The number of nitrogens with zero attached hydrogens (tertiary/aromatic N) is 1. The van der Waals surface area contributed by atoms with Crippen LogP contribution in [0.3, 0.4) is 0 Å². The van der Waals surface area contributed by atoms with Gasteiger partial charge in [-0.05, 0) is 24.3 Å². The molecule has 2 heteroatoms. The van der Waals surface area contributed by atoms with E-state index in [-0.39, 0.29) is 0 Å². The molecule has 0 aliphatic carbocycles. The van der Waals surface area contributed by atoms with Crippen molar-refractivity contribution in [2.75, 3.05) is 19.6 Å². The number of nitrogens with one attached hydrogen (secondary N) is 1. The summed E-state index contributed by atoms with van der Waals surface area (Å²) in [6.45, 7) is 10.6. The van der Waals surface area contributed by atoms with Crippen LogP contribution in [0.15, 0.2) is 30.3 Å². The van der Waals surface area contributed by atoms with Crippen molar-refractivity contribution < 1.29 is 0 Å². The van der Waals surface area contributed by atoms with E-state index in [4.69, 9.17) is 0 Å². The van der Waals surface area contributed by atoms with Gasteiger partial charge < -0.3 is 5.32 Å². The summed E-state index contributed by atoms with van der Waals surface area (Å²) in [6, 6.07) is 12.2. The Morgan fingerprint density at radius 2 is 2.00 bits per heavy atom. The van der Waals surface area contributed by atoms with Crippen molar-refractivity contribution in [1.82, 2.24) is 10.2 Å². The zero-order chi connectivity index (χ0) is 15.1. The second-order valence-electron chi connectivity index (χ2n) is 6.70. The predicted octanol–water partition coefficient (Wildman–Crippen LogP) is 3.72. The van der Waals surface area contributed by atoms with E-state index in [0.717, 1.165) is 24.9 Å². The molecule has 1 N–H and O–H groups in total. The number of rotatable bonds is 7. The summed E-state index contributed by atoms with van der Waals surface area (Å²) in [5, 5.41) is 3.78. The highest BCUT2D eigenvalue weighted by atomic mass is 15.2. The molecule has 1 aliphatic rings. The third-order valence-electron chi connectivity index (χ3n) is 4.80. The van der Waals surface area contributed by atoms with Gasteiger partial charge in [-0.25, -0.2) is 0 Å². The molecule has 2 rings (SSSR count). The summed E-state index contributed by atoms with van der Waals surface area (Å²) >= 11 is 0. The lowest BCUT2D eigenvalue weighted by Gasteiger charge is -2.41. The van der Waals surface area contributed by atoms with Gasteiger partial charge in [0.15, 0.2) is 0 Å². The fourth-order valence-electron chi connectivity index (χ4n) is 3.33. The van der Waals surface area contributed by atoms with E-state index >= 15 is 0 Å². The minimum absolute atomic E-state index is 0.601. The maximum atomic E-state index is 3.78. The molecule has 1 heterocycles. The second-order valence-corrected chi connectivity index (χ2v) is 6.70. The molecule has 0 bridgehead atoms. The number of piperazine rings is 1. The van der Waals surface area contributed by atoms with Gasteiger partial charge in [0, 0.05) is 31.7 Å². The van der Waals surface area contributed by atoms with Gasteiger partial charge in [-0.1, -0.05) is 63.9 Å². The summed E-state index contributed by atoms with van der Waals surface area (Å²) in [6.07, 6.45) is 5.04. The average Bonchev–Trinajstić information content (AvgIpc) is 2.51. The van der Waals surface area contributed by atoms with E-state index < -0.39 is 0 Å². The number of benzene rings is 1. The topological polar surface area (TPSA) is 15.3 Å². The van der Waals surface area contributed by atoms with Crippen LogP contribution in [0.5, 0.6) is 0 Å². The Morgan fingerprint density at radius 3 is 2.67 bits per heavy atom. The molecule has 0 radical (unpaired) electrons. The van der Waals surface area contributed by atoms with Crippen LogP contribution in [0.25, 0.3) is 0 Å². The van der Waals surface area contributed by atoms with Crippen LogP contribution in [0.1, 0.15) is 45.6 Å². The molecule has 3 unspecified atom stereocenters. The first-order chi connectivity index (χ1) is 10.2. The Bertz CT molecular complexity index is 390. The van der Waals surface area contributed by atoms with Crippen LogP contribution in [-0.4, -0.2) is 36.6 Å². The fraction of sp³-hybridized carbons (Fsp3) is 0.684. The Hall–Kier alpha value is -0.860. The Balaban J connectivity index is 1.94. The van der Waals surface area contributed by atoms with E-state index in [2.05, 4.69) is 61.3 Å². The first-order valence-corrected chi connectivity index (χ1v) is 8.74. The molecular formula is C19H32N2. The predicted molar refractivity (Wildman–Crippen MR) is 91.7 cm³/mol. The largest absolute Gasteiger partial charge is 0.311 e. The molecule has 0 saturated carbocycles. The Kier molecular flexibility index (Phi) is 6.72. The van der Waals surface area contributed by atoms with Crippen LogP contribution in [-0.2, 0) is 6.42 Å². The van der Waals surface area contributed by atoms with Gasteiger partial charge in [0.05, 0.1) is 0 Å². The average molecular weight is 288 g/mol. The van der Waals surface area contributed by atoms with Gasteiger partial charge in [-0.2, -0.15) is 0 Å².